The van der Waals surface area contributed by atoms with Crippen LogP contribution in [0.4, 0.5) is 17.1 Å². The Morgan fingerprint density at radius 3 is 1.56 bits per heavy atom. The van der Waals surface area contributed by atoms with Crippen LogP contribution in [0.25, 0.3) is 60.9 Å². The number of anilines is 3. The maximum atomic E-state index is 2.51. The summed E-state index contributed by atoms with van der Waals surface area (Å²) in [6.07, 6.45) is 0. The molecule has 2 heteroatoms. The molecule has 0 saturated heterocycles. The van der Waals surface area contributed by atoms with Gasteiger partial charge in [0.25, 0.3) is 0 Å². The van der Waals surface area contributed by atoms with Crippen LogP contribution in [0.15, 0.2) is 218 Å². The zero-order chi connectivity index (χ0) is 37.5. The highest BCUT2D eigenvalue weighted by atomic mass is 15.2. The Balaban J connectivity index is 1.17. The topological polar surface area (TPSA) is 8.17 Å². The number of aromatic nitrogens is 1. The number of fused-ring (bicyclic) bond motifs is 13. The number of para-hydroxylation sites is 3. The second-order valence-corrected chi connectivity index (χ2v) is 15.2. The van der Waals surface area contributed by atoms with Crippen molar-refractivity contribution < 1.29 is 0 Å². The summed E-state index contributed by atoms with van der Waals surface area (Å²) in [5.74, 6) is 0. The summed E-state index contributed by atoms with van der Waals surface area (Å²) in [7, 11) is 0. The Bertz CT molecular complexity index is 3150. The fourth-order valence-electron chi connectivity index (χ4n) is 10.2. The minimum absolute atomic E-state index is 0.395. The van der Waals surface area contributed by atoms with Crippen molar-refractivity contribution in [2.24, 2.45) is 0 Å². The third-order valence-corrected chi connectivity index (χ3v) is 12.4. The van der Waals surface area contributed by atoms with Crippen molar-refractivity contribution in [2.75, 3.05) is 4.90 Å². The van der Waals surface area contributed by atoms with E-state index in [1.807, 2.05) is 0 Å². The fraction of sp³-hybridized carbons (Fsp3) is 0.0182. The van der Waals surface area contributed by atoms with Gasteiger partial charge in [-0.3, -0.25) is 0 Å². The summed E-state index contributed by atoms with van der Waals surface area (Å²) < 4.78 is 2.41. The minimum Gasteiger partial charge on any atom is -0.309 e. The molecule has 1 heterocycles. The van der Waals surface area contributed by atoms with Crippen LogP contribution >= 0.6 is 0 Å². The van der Waals surface area contributed by atoms with E-state index < -0.39 is 5.41 Å². The van der Waals surface area contributed by atoms with Crippen LogP contribution in [0.5, 0.6) is 0 Å². The lowest BCUT2D eigenvalue weighted by Gasteiger charge is -2.32. The molecule has 0 N–H and O–H groups in total. The summed E-state index contributed by atoms with van der Waals surface area (Å²) >= 11 is 0. The second kappa shape index (κ2) is 12.3. The van der Waals surface area contributed by atoms with Crippen molar-refractivity contribution in [1.82, 2.24) is 4.57 Å². The molecule has 2 aliphatic rings. The highest BCUT2D eigenvalue weighted by Gasteiger charge is 2.51. The van der Waals surface area contributed by atoms with Crippen LogP contribution in [-0.2, 0) is 5.41 Å². The van der Waals surface area contributed by atoms with E-state index in [4.69, 9.17) is 0 Å². The maximum Gasteiger partial charge on any atom is 0.0725 e. The predicted molar refractivity (Wildman–Crippen MR) is 237 cm³/mol. The molecule has 0 atom stereocenters. The monoisotopic (exact) mass is 724 g/mol. The standard InChI is InChI=1S/C55H36N2/c1-3-18-37(19-4-1)40-22-10-15-30-50(40)57(53-33-17-32-52-54(53)44-26-11-16-31-51(44)56(52)38-20-5-2-6-21-38)39-34-35-49-45(36-39)43-25-9-14-29-48(43)55(49)46-27-12-7-23-41(46)42-24-8-13-28-47(42)55/h1-36H. The zero-order valence-electron chi connectivity index (χ0n) is 31.2. The van der Waals surface area contributed by atoms with E-state index >= 15 is 0 Å². The number of hydrogen-bond donors (Lipinski definition) is 0. The van der Waals surface area contributed by atoms with Crippen LogP contribution in [0.2, 0.25) is 0 Å². The molecule has 57 heavy (non-hydrogen) atoms. The molecule has 2 nitrogen and oxygen atoms in total. The van der Waals surface area contributed by atoms with Gasteiger partial charge < -0.3 is 9.47 Å². The smallest absolute Gasteiger partial charge is 0.0725 e. The van der Waals surface area contributed by atoms with Gasteiger partial charge in [0, 0.05) is 27.7 Å². The molecule has 12 rings (SSSR count). The normalized spacial score (nSPS) is 13.1. The van der Waals surface area contributed by atoms with Crippen LogP contribution < -0.4 is 4.90 Å². The summed E-state index contributed by atoms with van der Waals surface area (Å²) in [4.78, 5) is 2.51. The number of nitrogens with zero attached hydrogens (tertiary/aromatic N) is 2. The first-order valence-corrected chi connectivity index (χ1v) is 19.8. The van der Waals surface area contributed by atoms with Crippen molar-refractivity contribution in [3.63, 3.8) is 0 Å². The Morgan fingerprint density at radius 2 is 0.860 bits per heavy atom. The lowest BCUT2D eigenvalue weighted by Crippen LogP contribution is -2.25. The van der Waals surface area contributed by atoms with Crippen molar-refractivity contribution in [3.05, 3.63) is 241 Å². The molecule has 266 valence electrons. The van der Waals surface area contributed by atoms with Gasteiger partial charge in [-0.2, -0.15) is 0 Å². The molecule has 0 unspecified atom stereocenters. The molecule has 1 spiro atoms. The molecule has 10 aromatic rings. The van der Waals surface area contributed by atoms with E-state index in [0.717, 1.165) is 22.7 Å². The largest absolute Gasteiger partial charge is 0.309 e. The molecule has 0 bridgehead atoms. The van der Waals surface area contributed by atoms with Gasteiger partial charge in [-0.15, -0.1) is 0 Å². The van der Waals surface area contributed by atoms with Gasteiger partial charge in [0.15, 0.2) is 0 Å². The molecular formula is C55H36N2. The quantitative estimate of drug-likeness (QED) is 0.172. The molecule has 0 amide bonds. The highest BCUT2D eigenvalue weighted by molar-refractivity contribution is 6.17. The average Bonchev–Trinajstić information content (AvgIpc) is 3.89. The molecular weight excluding hydrogens is 689 g/mol. The van der Waals surface area contributed by atoms with Crippen molar-refractivity contribution in [1.29, 1.82) is 0 Å². The number of hydrogen-bond acceptors (Lipinski definition) is 1. The van der Waals surface area contributed by atoms with Crippen molar-refractivity contribution >= 4 is 38.9 Å². The summed E-state index contributed by atoms with van der Waals surface area (Å²) in [6.45, 7) is 0. The van der Waals surface area contributed by atoms with Gasteiger partial charge >= 0.3 is 0 Å². The third kappa shape index (κ3) is 4.41. The highest BCUT2D eigenvalue weighted by Crippen LogP contribution is 2.63. The molecule has 0 saturated carbocycles. The van der Waals surface area contributed by atoms with E-state index in [1.54, 1.807) is 0 Å². The van der Waals surface area contributed by atoms with E-state index in [9.17, 15) is 0 Å². The molecule has 1 aromatic heterocycles. The molecule has 0 fully saturated rings. The van der Waals surface area contributed by atoms with E-state index in [0.29, 0.717) is 0 Å². The SMILES string of the molecule is c1ccc(-c2ccccc2N(c2ccc3c(c2)-c2ccccc2C32c3ccccc3-c3ccccc32)c2cccc3c2c2ccccc2n3-c2ccccc2)cc1. The summed E-state index contributed by atoms with van der Waals surface area (Å²) in [6, 6.07) is 80.4. The zero-order valence-corrected chi connectivity index (χ0v) is 31.2. The molecule has 9 aromatic carbocycles. The lowest BCUT2D eigenvalue weighted by atomic mass is 9.70. The Morgan fingerprint density at radius 1 is 0.351 bits per heavy atom. The average molecular weight is 725 g/mol. The predicted octanol–water partition coefficient (Wildman–Crippen LogP) is 14.3. The Labute approximate surface area is 332 Å². The first-order chi connectivity index (χ1) is 28.3. The van der Waals surface area contributed by atoms with Crippen molar-refractivity contribution in [2.45, 2.75) is 5.41 Å². The van der Waals surface area contributed by atoms with Crippen molar-refractivity contribution in [3.8, 4) is 39.1 Å². The fourth-order valence-corrected chi connectivity index (χ4v) is 10.2. The number of benzene rings is 9. The van der Waals surface area contributed by atoms with Gasteiger partial charge in [0.2, 0.25) is 0 Å². The van der Waals surface area contributed by atoms with Crippen LogP contribution in [0, 0.1) is 0 Å². The van der Waals surface area contributed by atoms with E-state index in [2.05, 4.69) is 228 Å². The Hall–Kier alpha value is -7.42. The van der Waals surface area contributed by atoms with E-state index in [1.165, 1.54) is 77.4 Å². The van der Waals surface area contributed by atoms with Gasteiger partial charge in [0.05, 0.1) is 27.8 Å². The summed E-state index contributed by atoms with van der Waals surface area (Å²) in [5, 5.41) is 2.44. The van der Waals surface area contributed by atoms with Gasteiger partial charge in [-0.1, -0.05) is 170 Å². The minimum atomic E-state index is -0.395. The van der Waals surface area contributed by atoms with Crippen LogP contribution in [-0.4, -0.2) is 4.57 Å². The Kier molecular flexibility index (Phi) is 6.88. The van der Waals surface area contributed by atoms with Crippen LogP contribution in [0.3, 0.4) is 0 Å². The van der Waals surface area contributed by atoms with Gasteiger partial charge in [-0.25, -0.2) is 0 Å². The first-order valence-electron chi connectivity index (χ1n) is 19.8. The van der Waals surface area contributed by atoms with Crippen LogP contribution in [0.1, 0.15) is 22.3 Å². The summed E-state index contributed by atoms with van der Waals surface area (Å²) in [5.41, 5.74) is 19.4. The number of rotatable bonds is 5. The van der Waals surface area contributed by atoms with Gasteiger partial charge in [-0.05, 0) is 98.6 Å². The molecule has 2 aliphatic carbocycles. The molecule has 0 aliphatic heterocycles. The lowest BCUT2D eigenvalue weighted by molar-refractivity contribution is 0.794. The van der Waals surface area contributed by atoms with Gasteiger partial charge in [0.1, 0.15) is 0 Å². The molecule has 0 radical (unpaired) electrons. The second-order valence-electron chi connectivity index (χ2n) is 15.2. The third-order valence-electron chi connectivity index (χ3n) is 12.4. The maximum absolute atomic E-state index is 2.51. The van der Waals surface area contributed by atoms with E-state index in [-0.39, 0.29) is 0 Å². The first kappa shape index (κ1) is 31.9.